The Morgan fingerprint density at radius 3 is 2.61 bits per heavy atom. The van der Waals surface area contributed by atoms with Gasteiger partial charge in [0, 0.05) is 31.0 Å². The maximum atomic E-state index is 12.8. The average Bonchev–Trinajstić information content (AvgIpc) is 2.99. The molecule has 1 aliphatic heterocycles. The molecule has 1 heterocycles. The molecule has 3 N–H and O–H groups in total. The summed E-state index contributed by atoms with van der Waals surface area (Å²) in [7, 11) is 1.55. The van der Waals surface area contributed by atoms with Crippen LogP contribution in [0, 0.1) is 3.57 Å². The van der Waals surface area contributed by atoms with E-state index in [4.69, 9.17) is 42.8 Å². The largest absolute Gasteiger partial charge is 0.493 e. The van der Waals surface area contributed by atoms with Gasteiger partial charge in [0.05, 0.1) is 31.5 Å². The lowest BCUT2D eigenvalue weighted by atomic mass is 9.95. The van der Waals surface area contributed by atoms with E-state index in [1.165, 1.54) is 6.21 Å². The molecule has 3 aromatic rings. The van der Waals surface area contributed by atoms with Crippen LogP contribution in [-0.4, -0.2) is 43.5 Å². The molecule has 1 atom stereocenters. The summed E-state index contributed by atoms with van der Waals surface area (Å²) in [6.07, 6.45) is 1.47. The van der Waals surface area contributed by atoms with Gasteiger partial charge in [-0.05, 0) is 72.9 Å². The minimum absolute atomic E-state index is 0.209. The summed E-state index contributed by atoms with van der Waals surface area (Å²) >= 11 is 13.8. The summed E-state index contributed by atoms with van der Waals surface area (Å²) in [4.78, 5) is 25.5. The van der Waals surface area contributed by atoms with Crippen molar-refractivity contribution in [2.24, 2.45) is 5.10 Å². The van der Waals surface area contributed by atoms with Crippen LogP contribution in [0.4, 0.5) is 0 Å². The zero-order chi connectivity index (χ0) is 31.6. The molecule has 44 heavy (non-hydrogen) atoms. The van der Waals surface area contributed by atoms with E-state index >= 15 is 0 Å². The average molecular weight is 749 g/mol. The lowest BCUT2D eigenvalue weighted by molar-refractivity contribution is -0.139. The molecule has 4 rings (SSSR count). The summed E-state index contributed by atoms with van der Waals surface area (Å²) in [6.45, 7) is 3.57. The number of carbonyl (C=O) groups excluding carboxylic acids is 2. The van der Waals surface area contributed by atoms with Gasteiger partial charge in [0.1, 0.15) is 12.4 Å². The zero-order valence-corrected chi connectivity index (χ0v) is 27.8. The maximum absolute atomic E-state index is 12.8. The molecule has 230 valence electrons. The van der Waals surface area contributed by atoms with E-state index in [-0.39, 0.29) is 19.8 Å². The van der Waals surface area contributed by atoms with Crippen LogP contribution in [-0.2, 0) is 20.9 Å². The second-order valence-corrected chi connectivity index (χ2v) is 11.4. The fourth-order valence-electron chi connectivity index (χ4n) is 4.36. The van der Waals surface area contributed by atoms with Gasteiger partial charge in [-0.3, -0.25) is 4.79 Å². The molecular weight excluding hydrogens is 719 g/mol. The predicted molar refractivity (Wildman–Crippen MR) is 180 cm³/mol. The summed E-state index contributed by atoms with van der Waals surface area (Å²) in [6, 6.07) is 17.5. The van der Waals surface area contributed by atoms with Crippen molar-refractivity contribution >= 4 is 69.6 Å². The molecule has 0 saturated carbocycles. The third kappa shape index (κ3) is 8.39. The first-order valence-electron chi connectivity index (χ1n) is 13.4. The van der Waals surface area contributed by atoms with Crippen LogP contribution in [0.2, 0.25) is 5.02 Å². The van der Waals surface area contributed by atoms with E-state index < -0.39 is 17.9 Å². The number of halogens is 2. The Balaban J connectivity index is 1.46. The lowest BCUT2D eigenvalue weighted by Gasteiger charge is -2.30. The van der Waals surface area contributed by atoms with Crippen molar-refractivity contribution in [3.8, 4) is 17.2 Å². The van der Waals surface area contributed by atoms with E-state index in [9.17, 15) is 9.59 Å². The quantitative estimate of drug-likeness (QED) is 0.0734. The highest BCUT2D eigenvalue weighted by Gasteiger charge is 2.32. The number of thiocarbonyl (C=S) groups is 1. The summed E-state index contributed by atoms with van der Waals surface area (Å²) in [5.74, 6) is 0.361. The number of methoxy groups -OCH3 is 1. The van der Waals surface area contributed by atoms with E-state index in [2.05, 4.69) is 43.8 Å². The Morgan fingerprint density at radius 2 is 1.86 bits per heavy atom. The molecule has 0 aromatic heterocycles. The minimum Gasteiger partial charge on any atom is -0.493 e. The van der Waals surface area contributed by atoms with Crippen molar-refractivity contribution in [3.63, 3.8) is 0 Å². The van der Waals surface area contributed by atoms with Gasteiger partial charge in [0.15, 0.2) is 23.2 Å². The number of ether oxygens (including phenoxy) is 4. The first kappa shape index (κ1) is 33.0. The van der Waals surface area contributed by atoms with Gasteiger partial charge in [-0.15, -0.1) is 0 Å². The maximum Gasteiger partial charge on any atom is 0.338 e. The molecule has 1 aliphatic rings. The van der Waals surface area contributed by atoms with Gasteiger partial charge < -0.3 is 29.6 Å². The molecule has 0 unspecified atom stereocenters. The number of esters is 1. The van der Waals surface area contributed by atoms with Crippen molar-refractivity contribution in [2.45, 2.75) is 26.5 Å². The number of nitrogens with zero attached hydrogens (tertiary/aromatic N) is 1. The van der Waals surface area contributed by atoms with Crippen LogP contribution in [0.5, 0.6) is 17.2 Å². The lowest BCUT2D eigenvalue weighted by Crippen LogP contribution is -2.45. The Bertz CT molecular complexity index is 1620. The standard InChI is InChI=1S/C31H30ClIN4O6S/c1-4-41-30(39)27-18(2)35-31(44)36-28(27)22-10-6-8-12-24(22)42-17-26(38)37-34-15-20-13-21(33)14-25(40-3)29(20)43-16-19-9-5-7-11-23(19)32/h5-15,28H,4,16-17H2,1-3H3,(H,37,38)(H2,35,36,44)/t28-/m1/s1. The number of allylic oxidation sites excluding steroid dienone is 1. The fourth-order valence-corrected chi connectivity index (χ4v) is 5.44. The number of nitrogens with one attached hydrogen (secondary N) is 3. The van der Waals surface area contributed by atoms with Crippen molar-refractivity contribution < 1.29 is 28.5 Å². The molecule has 13 heteroatoms. The van der Waals surface area contributed by atoms with Gasteiger partial charge in [-0.2, -0.15) is 5.10 Å². The first-order chi connectivity index (χ1) is 21.2. The third-order valence-corrected chi connectivity index (χ3v) is 7.56. The van der Waals surface area contributed by atoms with E-state index in [1.807, 2.05) is 30.3 Å². The molecular formula is C31H30ClIN4O6S. The molecule has 0 spiro atoms. The second kappa shape index (κ2) is 15.7. The Labute approximate surface area is 279 Å². The molecule has 1 amide bonds. The van der Waals surface area contributed by atoms with Gasteiger partial charge in [-0.1, -0.05) is 48.0 Å². The Kier molecular flexibility index (Phi) is 11.8. The van der Waals surface area contributed by atoms with Crippen molar-refractivity contribution in [1.29, 1.82) is 0 Å². The van der Waals surface area contributed by atoms with E-state index in [0.29, 0.717) is 49.8 Å². The molecule has 0 radical (unpaired) electrons. The van der Waals surface area contributed by atoms with Crippen LogP contribution in [0.15, 0.2) is 77.0 Å². The SMILES string of the molecule is CCOC(=O)C1=C(C)NC(=S)N[C@@H]1c1ccccc1OCC(=O)NN=Cc1cc(I)cc(OC)c1OCc1ccccc1Cl. The summed E-state index contributed by atoms with van der Waals surface area (Å²) < 4.78 is 23.6. The van der Waals surface area contributed by atoms with Gasteiger partial charge in [0.2, 0.25) is 0 Å². The topological polar surface area (TPSA) is 120 Å². The highest BCUT2D eigenvalue weighted by molar-refractivity contribution is 14.1. The number of para-hydroxylation sites is 1. The van der Waals surface area contributed by atoms with Gasteiger partial charge in [0.25, 0.3) is 5.91 Å². The van der Waals surface area contributed by atoms with E-state index in [0.717, 1.165) is 9.13 Å². The second-order valence-electron chi connectivity index (χ2n) is 9.32. The highest BCUT2D eigenvalue weighted by atomic mass is 127. The van der Waals surface area contributed by atoms with Crippen LogP contribution in [0.3, 0.4) is 0 Å². The first-order valence-corrected chi connectivity index (χ1v) is 15.3. The van der Waals surface area contributed by atoms with Gasteiger partial charge >= 0.3 is 5.97 Å². The van der Waals surface area contributed by atoms with Crippen molar-refractivity contribution in [2.75, 3.05) is 20.3 Å². The van der Waals surface area contributed by atoms with Crippen LogP contribution in [0.1, 0.15) is 36.6 Å². The number of hydrogen-bond donors (Lipinski definition) is 3. The number of rotatable bonds is 12. The summed E-state index contributed by atoms with van der Waals surface area (Å²) in [5.41, 5.74) is 5.43. The highest BCUT2D eigenvalue weighted by Crippen LogP contribution is 2.35. The Hall–Kier alpha value is -3.88. The Morgan fingerprint density at radius 1 is 1.11 bits per heavy atom. The molecule has 0 bridgehead atoms. The normalized spacial score (nSPS) is 14.5. The summed E-state index contributed by atoms with van der Waals surface area (Å²) in [5, 5.41) is 11.1. The fraction of sp³-hybridized carbons (Fsp3) is 0.226. The molecule has 0 fully saturated rings. The van der Waals surface area contributed by atoms with Crippen molar-refractivity contribution in [3.05, 3.63) is 97.2 Å². The zero-order valence-electron chi connectivity index (χ0n) is 24.1. The molecule has 3 aromatic carbocycles. The third-order valence-electron chi connectivity index (χ3n) is 6.34. The number of carbonyl (C=O) groups is 2. The van der Waals surface area contributed by atoms with Crippen LogP contribution < -0.4 is 30.3 Å². The molecule has 0 saturated heterocycles. The predicted octanol–water partition coefficient (Wildman–Crippen LogP) is 5.42. The smallest absolute Gasteiger partial charge is 0.338 e. The number of hydrogen-bond acceptors (Lipinski definition) is 8. The van der Waals surface area contributed by atoms with Crippen LogP contribution in [0.25, 0.3) is 0 Å². The van der Waals surface area contributed by atoms with E-state index in [1.54, 1.807) is 51.3 Å². The van der Waals surface area contributed by atoms with Crippen molar-refractivity contribution in [1.82, 2.24) is 16.1 Å². The monoisotopic (exact) mass is 748 g/mol. The number of hydrazone groups is 1. The minimum atomic E-state index is -0.639. The van der Waals surface area contributed by atoms with Gasteiger partial charge in [-0.25, -0.2) is 10.2 Å². The van der Waals surface area contributed by atoms with Crippen LogP contribution >= 0.6 is 46.4 Å². The molecule has 0 aliphatic carbocycles. The number of amides is 1. The number of benzene rings is 3. The molecule has 10 nitrogen and oxygen atoms in total.